The van der Waals surface area contributed by atoms with Crippen LogP contribution in [0.5, 0.6) is 0 Å². The molecule has 0 saturated carbocycles. The highest BCUT2D eigenvalue weighted by molar-refractivity contribution is 6.13. The van der Waals surface area contributed by atoms with Gasteiger partial charge in [0.05, 0.1) is 0 Å². The number of benzene rings is 10. The van der Waals surface area contributed by atoms with Crippen LogP contribution in [0.15, 0.2) is 259 Å². The van der Waals surface area contributed by atoms with Gasteiger partial charge in [0, 0.05) is 51.4 Å². The average Bonchev–Trinajstić information content (AvgIpc) is 3.79. The first-order chi connectivity index (χ1) is 32.7. The first-order valence-electron chi connectivity index (χ1n) is 22.4. The molecule has 66 heavy (non-hydrogen) atoms. The second-order valence-corrected chi connectivity index (χ2v) is 16.7. The summed E-state index contributed by atoms with van der Waals surface area (Å²) in [7, 11) is 0. The van der Waals surface area contributed by atoms with E-state index in [9.17, 15) is 0 Å². The zero-order valence-corrected chi connectivity index (χ0v) is 36.1. The Labute approximate surface area is 384 Å². The topological polar surface area (TPSA) is 29.3 Å². The van der Waals surface area contributed by atoms with Crippen LogP contribution in [0.25, 0.3) is 99.5 Å². The van der Waals surface area contributed by atoms with Crippen LogP contribution in [0, 0.1) is 0 Å². The van der Waals surface area contributed by atoms with E-state index < -0.39 is 0 Å². The van der Waals surface area contributed by atoms with Gasteiger partial charge in [0.1, 0.15) is 11.2 Å². The zero-order valence-electron chi connectivity index (χ0n) is 36.1. The number of nitrogens with zero attached hydrogens (tertiary/aromatic N) is 2. The number of anilines is 3. The van der Waals surface area contributed by atoms with Crippen molar-refractivity contribution in [1.82, 2.24) is 4.98 Å². The van der Waals surface area contributed by atoms with E-state index >= 15 is 0 Å². The second kappa shape index (κ2) is 16.7. The van der Waals surface area contributed by atoms with Crippen molar-refractivity contribution in [3.8, 4) is 66.8 Å². The maximum Gasteiger partial charge on any atom is 0.143 e. The predicted octanol–water partition coefficient (Wildman–Crippen LogP) is 17.6. The van der Waals surface area contributed by atoms with Crippen molar-refractivity contribution >= 4 is 49.8 Å². The van der Waals surface area contributed by atoms with Gasteiger partial charge in [0.2, 0.25) is 0 Å². The van der Waals surface area contributed by atoms with E-state index in [1.165, 1.54) is 33.0 Å². The largest absolute Gasteiger partial charge is 0.455 e. The Hall–Kier alpha value is -8.79. The van der Waals surface area contributed by atoms with E-state index in [4.69, 9.17) is 4.42 Å². The molecule has 0 bridgehead atoms. The third-order valence-corrected chi connectivity index (χ3v) is 12.8. The quantitative estimate of drug-likeness (QED) is 0.145. The SMILES string of the molecule is c1ccc(-c2ccc(N(c3ccc(-c4cccc(-c5cccc6c5oc5c(-c7ccccc7)cccc56)c4)cc3)c3ccc(-c4cc(-c5ccncc5)c5ccccc5c4)cc3)cc2)cc1. The van der Waals surface area contributed by atoms with Gasteiger partial charge in [-0.2, -0.15) is 0 Å². The Morgan fingerprint density at radius 2 is 0.712 bits per heavy atom. The molecule has 0 aliphatic heterocycles. The fourth-order valence-corrected chi connectivity index (χ4v) is 9.49. The summed E-state index contributed by atoms with van der Waals surface area (Å²) in [6.45, 7) is 0. The molecule has 0 radical (unpaired) electrons. The Morgan fingerprint density at radius 1 is 0.273 bits per heavy atom. The molecule has 0 amide bonds. The van der Waals surface area contributed by atoms with Crippen LogP contribution < -0.4 is 4.90 Å². The van der Waals surface area contributed by atoms with Crippen molar-refractivity contribution in [3.05, 3.63) is 255 Å². The molecule has 0 N–H and O–H groups in total. The van der Waals surface area contributed by atoms with Crippen LogP contribution in [-0.2, 0) is 0 Å². The molecule has 3 nitrogen and oxygen atoms in total. The number of furan rings is 1. The van der Waals surface area contributed by atoms with E-state index in [-0.39, 0.29) is 0 Å². The van der Waals surface area contributed by atoms with Gasteiger partial charge >= 0.3 is 0 Å². The van der Waals surface area contributed by atoms with E-state index in [2.05, 4.69) is 246 Å². The first kappa shape index (κ1) is 38.9. The third-order valence-electron chi connectivity index (χ3n) is 12.8. The van der Waals surface area contributed by atoms with E-state index in [0.29, 0.717) is 0 Å². The van der Waals surface area contributed by atoms with Gasteiger partial charge < -0.3 is 9.32 Å². The molecular weight excluding hydrogens is 801 g/mol. The van der Waals surface area contributed by atoms with Gasteiger partial charge in [-0.15, -0.1) is 0 Å². The molecule has 310 valence electrons. The number of pyridine rings is 1. The molecule has 12 aromatic rings. The molecule has 0 spiro atoms. The number of para-hydroxylation sites is 2. The summed E-state index contributed by atoms with van der Waals surface area (Å²) in [6.07, 6.45) is 3.73. The molecular formula is C63H42N2O. The zero-order chi connectivity index (χ0) is 43.8. The van der Waals surface area contributed by atoms with Crippen molar-refractivity contribution in [1.29, 1.82) is 0 Å². The lowest BCUT2D eigenvalue weighted by atomic mass is 9.93. The minimum Gasteiger partial charge on any atom is -0.455 e. The van der Waals surface area contributed by atoms with Crippen molar-refractivity contribution in [2.75, 3.05) is 4.90 Å². The Bertz CT molecular complexity index is 3650. The Balaban J connectivity index is 0.901. The lowest BCUT2D eigenvalue weighted by Crippen LogP contribution is -2.09. The summed E-state index contributed by atoms with van der Waals surface area (Å²) in [4.78, 5) is 6.62. The molecule has 3 heteroatoms. The van der Waals surface area contributed by atoms with Crippen LogP contribution in [0.3, 0.4) is 0 Å². The monoisotopic (exact) mass is 842 g/mol. The minimum absolute atomic E-state index is 0.901. The van der Waals surface area contributed by atoms with Crippen LogP contribution in [0.1, 0.15) is 0 Å². The van der Waals surface area contributed by atoms with Crippen LogP contribution in [-0.4, -0.2) is 4.98 Å². The smallest absolute Gasteiger partial charge is 0.143 e. The van der Waals surface area contributed by atoms with Gasteiger partial charge in [0.25, 0.3) is 0 Å². The Kier molecular flexibility index (Phi) is 9.85. The maximum absolute atomic E-state index is 6.79. The highest BCUT2D eigenvalue weighted by Gasteiger charge is 2.18. The van der Waals surface area contributed by atoms with Gasteiger partial charge in [-0.25, -0.2) is 0 Å². The van der Waals surface area contributed by atoms with E-state index in [1.807, 2.05) is 18.5 Å². The third kappa shape index (κ3) is 7.19. The number of hydrogen-bond donors (Lipinski definition) is 0. The lowest BCUT2D eigenvalue weighted by molar-refractivity contribution is 0.671. The lowest BCUT2D eigenvalue weighted by Gasteiger charge is -2.26. The number of rotatable bonds is 9. The fraction of sp³-hybridized carbons (Fsp3) is 0. The summed E-state index contributed by atoms with van der Waals surface area (Å²) in [5, 5.41) is 4.68. The molecule has 0 aliphatic carbocycles. The highest BCUT2D eigenvalue weighted by Crippen LogP contribution is 2.42. The molecule has 12 rings (SSSR count). The molecule has 0 atom stereocenters. The van der Waals surface area contributed by atoms with E-state index in [0.717, 1.165) is 83.5 Å². The first-order valence-corrected chi connectivity index (χ1v) is 22.4. The highest BCUT2D eigenvalue weighted by atomic mass is 16.3. The van der Waals surface area contributed by atoms with Crippen molar-refractivity contribution < 1.29 is 4.42 Å². The molecule has 10 aromatic carbocycles. The predicted molar refractivity (Wildman–Crippen MR) is 276 cm³/mol. The van der Waals surface area contributed by atoms with Crippen LogP contribution in [0.2, 0.25) is 0 Å². The van der Waals surface area contributed by atoms with Crippen molar-refractivity contribution in [2.45, 2.75) is 0 Å². The molecule has 0 fully saturated rings. The maximum atomic E-state index is 6.79. The summed E-state index contributed by atoms with van der Waals surface area (Å²) in [5.41, 5.74) is 18.8. The second-order valence-electron chi connectivity index (χ2n) is 16.7. The van der Waals surface area contributed by atoms with Crippen molar-refractivity contribution in [3.63, 3.8) is 0 Å². The minimum atomic E-state index is 0.901. The summed E-state index contributed by atoms with van der Waals surface area (Å²) >= 11 is 0. The summed E-state index contributed by atoms with van der Waals surface area (Å²) in [6, 6.07) is 86.9. The van der Waals surface area contributed by atoms with Crippen molar-refractivity contribution in [2.24, 2.45) is 0 Å². The number of hydrogen-bond acceptors (Lipinski definition) is 3. The van der Waals surface area contributed by atoms with Crippen LogP contribution in [0.4, 0.5) is 17.1 Å². The van der Waals surface area contributed by atoms with Crippen LogP contribution >= 0.6 is 0 Å². The average molecular weight is 843 g/mol. The van der Waals surface area contributed by atoms with Gasteiger partial charge in [0.15, 0.2) is 0 Å². The number of aromatic nitrogens is 1. The standard InChI is InChI=1S/C63H42N2O/c1-3-12-43(13-4-1)44-24-30-53(31-25-44)65(55-34-28-46(29-35-55)52-41-50-16-7-8-19-56(50)61(42-52)48-36-38-64-39-37-48)54-32-26-45(27-33-54)49-17-9-18-51(40-49)58-21-11-23-60-59-22-10-20-57(62(59)66-63(58)60)47-14-5-2-6-15-47/h1-42H. The summed E-state index contributed by atoms with van der Waals surface area (Å²) < 4.78 is 6.79. The van der Waals surface area contributed by atoms with Gasteiger partial charge in [-0.3, -0.25) is 4.98 Å². The fourth-order valence-electron chi connectivity index (χ4n) is 9.49. The molecule has 2 heterocycles. The molecule has 0 saturated heterocycles. The Morgan fingerprint density at radius 3 is 1.33 bits per heavy atom. The molecule has 0 aliphatic rings. The normalized spacial score (nSPS) is 11.3. The van der Waals surface area contributed by atoms with Gasteiger partial charge in [-0.05, 0) is 133 Å². The van der Waals surface area contributed by atoms with E-state index in [1.54, 1.807) is 0 Å². The van der Waals surface area contributed by atoms with Gasteiger partial charge in [-0.1, -0.05) is 176 Å². The molecule has 2 aromatic heterocycles. The number of fused-ring (bicyclic) bond motifs is 4. The molecule has 0 unspecified atom stereocenters. The summed E-state index contributed by atoms with van der Waals surface area (Å²) in [5.74, 6) is 0.